The Bertz CT molecular complexity index is 443. The summed E-state index contributed by atoms with van der Waals surface area (Å²) in [4.78, 5) is 21.9. The molecule has 1 atom stereocenters. The molecule has 5 heteroatoms. The van der Waals surface area contributed by atoms with Crippen molar-refractivity contribution >= 4 is 17.7 Å². The van der Waals surface area contributed by atoms with Crippen LogP contribution in [0.5, 0.6) is 0 Å². The molecule has 5 nitrogen and oxygen atoms in total. The minimum absolute atomic E-state index is 0.561. The number of rotatable bonds is 3. The number of aliphatic carboxylic acids is 1. The van der Waals surface area contributed by atoms with Crippen LogP contribution in [-0.4, -0.2) is 18.0 Å². The molecule has 1 rings (SSSR count). The van der Waals surface area contributed by atoms with Gasteiger partial charge < -0.3 is 20.5 Å². The van der Waals surface area contributed by atoms with Crippen molar-refractivity contribution in [2.45, 2.75) is 26.8 Å². The maximum Gasteiger partial charge on any atom is 0.319 e. The number of carbonyl (C=O) groups is 2. The van der Waals surface area contributed by atoms with Crippen molar-refractivity contribution in [2.24, 2.45) is 0 Å². The fourth-order valence-electron chi connectivity index (χ4n) is 1.37. The molecular weight excluding hydrogens is 220 g/mol. The van der Waals surface area contributed by atoms with Crippen molar-refractivity contribution in [2.75, 3.05) is 5.32 Å². The summed E-state index contributed by atoms with van der Waals surface area (Å²) >= 11 is 0. The Labute approximate surface area is 99.8 Å². The van der Waals surface area contributed by atoms with Gasteiger partial charge in [-0.1, -0.05) is 17.7 Å². The Kier molecular flexibility index (Phi) is 4.09. The number of anilines is 1. The summed E-state index contributed by atoms with van der Waals surface area (Å²) in [7, 11) is 0. The first-order valence-electron chi connectivity index (χ1n) is 5.26. The average Bonchev–Trinajstić information content (AvgIpc) is 2.22. The highest BCUT2D eigenvalue weighted by Crippen LogP contribution is 2.15. The smallest absolute Gasteiger partial charge is 0.319 e. The molecule has 2 amide bonds. The van der Waals surface area contributed by atoms with Gasteiger partial charge in [-0.25, -0.2) is 4.79 Å². The molecule has 2 N–H and O–H groups in total. The van der Waals surface area contributed by atoms with Gasteiger partial charge in [-0.15, -0.1) is 0 Å². The fraction of sp³-hybridized carbons (Fsp3) is 0.333. The molecule has 17 heavy (non-hydrogen) atoms. The normalized spacial score (nSPS) is 11.7. The quantitative estimate of drug-likeness (QED) is 0.803. The van der Waals surface area contributed by atoms with Crippen LogP contribution in [0.4, 0.5) is 10.5 Å². The highest BCUT2D eigenvalue weighted by atomic mass is 16.4. The molecule has 0 bridgehead atoms. The summed E-state index contributed by atoms with van der Waals surface area (Å²) in [5.41, 5.74) is 2.66. The van der Waals surface area contributed by atoms with Gasteiger partial charge >= 0.3 is 6.03 Å². The molecule has 0 aromatic heterocycles. The van der Waals surface area contributed by atoms with Crippen molar-refractivity contribution < 1.29 is 14.7 Å². The number of carboxylic acids is 1. The van der Waals surface area contributed by atoms with Gasteiger partial charge in [0.15, 0.2) is 0 Å². The Hall–Kier alpha value is -2.04. The number of urea groups is 1. The zero-order valence-electron chi connectivity index (χ0n) is 10.0. The topological polar surface area (TPSA) is 81.3 Å². The molecule has 0 saturated carbocycles. The first kappa shape index (κ1) is 13.0. The van der Waals surface area contributed by atoms with E-state index in [1.54, 1.807) is 6.07 Å². The van der Waals surface area contributed by atoms with Crippen LogP contribution in [0.3, 0.4) is 0 Å². The standard InChI is InChI=1S/C12H16N2O3/c1-7-4-5-10(8(2)6-7)14-12(17)13-9(3)11(15)16/h4-6,9H,1-3H3,(H,15,16)(H2,13,14,17)/p-1/t9-/m0/s1. The third-order valence-electron chi connectivity index (χ3n) is 2.33. The Morgan fingerprint density at radius 2 is 1.94 bits per heavy atom. The maximum absolute atomic E-state index is 11.5. The number of nitrogens with one attached hydrogen (secondary N) is 2. The summed E-state index contributed by atoms with van der Waals surface area (Å²) in [6.45, 7) is 5.16. The van der Waals surface area contributed by atoms with Crippen LogP contribution >= 0.6 is 0 Å². The predicted molar refractivity (Wildman–Crippen MR) is 62.5 cm³/mol. The van der Waals surface area contributed by atoms with Crippen molar-refractivity contribution in [1.82, 2.24) is 5.32 Å². The van der Waals surface area contributed by atoms with E-state index in [4.69, 9.17) is 0 Å². The molecule has 0 radical (unpaired) electrons. The maximum atomic E-state index is 11.5. The van der Waals surface area contributed by atoms with Crippen molar-refractivity contribution in [1.29, 1.82) is 0 Å². The van der Waals surface area contributed by atoms with E-state index < -0.39 is 18.0 Å². The van der Waals surface area contributed by atoms with Gasteiger partial charge in [0, 0.05) is 5.69 Å². The number of hydrogen-bond acceptors (Lipinski definition) is 3. The zero-order valence-corrected chi connectivity index (χ0v) is 10.0. The van der Waals surface area contributed by atoms with Gasteiger partial charge in [-0.3, -0.25) is 0 Å². The molecule has 0 aliphatic carbocycles. The summed E-state index contributed by atoms with van der Waals surface area (Å²) < 4.78 is 0. The van der Waals surface area contributed by atoms with Crippen LogP contribution in [0.25, 0.3) is 0 Å². The third kappa shape index (κ3) is 3.79. The second kappa shape index (κ2) is 5.34. The van der Waals surface area contributed by atoms with Gasteiger partial charge in [0.2, 0.25) is 0 Å². The number of aryl methyl sites for hydroxylation is 2. The van der Waals surface area contributed by atoms with Crippen LogP contribution < -0.4 is 15.7 Å². The predicted octanol–water partition coefficient (Wildman–Crippen LogP) is 0.563. The van der Waals surface area contributed by atoms with Crippen molar-refractivity contribution in [3.8, 4) is 0 Å². The van der Waals surface area contributed by atoms with Crippen LogP contribution in [0.2, 0.25) is 0 Å². The largest absolute Gasteiger partial charge is 0.548 e. The second-order valence-electron chi connectivity index (χ2n) is 3.96. The number of benzene rings is 1. The summed E-state index contributed by atoms with van der Waals surface area (Å²) in [5.74, 6) is -1.32. The molecule has 1 aromatic carbocycles. The van der Waals surface area contributed by atoms with E-state index in [1.807, 2.05) is 26.0 Å². The molecule has 0 saturated heterocycles. The van der Waals surface area contributed by atoms with E-state index in [-0.39, 0.29) is 0 Å². The van der Waals surface area contributed by atoms with E-state index in [0.717, 1.165) is 11.1 Å². The number of carboxylic acid groups (broad SMARTS) is 1. The summed E-state index contributed by atoms with van der Waals surface area (Å²) in [6.07, 6.45) is 0. The van der Waals surface area contributed by atoms with Crippen LogP contribution in [0, 0.1) is 13.8 Å². The van der Waals surface area contributed by atoms with E-state index >= 15 is 0 Å². The highest BCUT2D eigenvalue weighted by molar-refractivity contribution is 5.92. The Morgan fingerprint density at radius 3 is 2.47 bits per heavy atom. The monoisotopic (exact) mass is 235 g/mol. The van der Waals surface area contributed by atoms with Gasteiger partial charge in [-0.2, -0.15) is 0 Å². The lowest BCUT2D eigenvalue weighted by atomic mass is 10.1. The highest BCUT2D eigenvalue weighted by Gasteiger charge is 2.08. The third-order valence-corrected chi connectivity index (χ3v) is 2.33. The molecule has 0 aliphatic rings. The summed E-state index contributed by atoms with van der Waals surface area (Å²) in [6, 6.07) is 3.98. The molecule has 92 valence electrons. The van der Waals surface area contributed by atoms with Crippen LogP contribution in [0.15, 0.2) is 18.2 Å². The van der Waals surface area contributed by atoms with Gasteiger partial charge in [0.25, 0.3) is 0 Å². The van der Waals surface area contributed by atoms with E-state index in [9.17, 15) is 14.7 Å². The average molecular weight is 235 g/mol. The van der Waals surface area contributed by atoms with E-state index in [0.29, 0.717) is 5.69 Å². The molecule has 0 fully saturated rings. The minimum Gasteiger partial charge on any atom is -0.548 e. The van der Waals surface area contributed by atoms with E-state index in [2.05, 4.69) is 10.6 Å². The van der Waals surface area contributed by atoms with Crippen molar-refractivity contribution in [3.05, 3.63) is 29.3 Å². The zero-order chi connectivity index (χ0) is 13.0. The lowest BCUT2D eigenvalue weighted by Crippen LogP contribution is -2.47. The van der Waals surface area contributed by atoms with Crippen LogP contribution in [0.1, 0.15) is 18.1 Å². The Morgan fingerprint density at radius 1 is 1.29 bits per heavy atom. The molecule has 1 aromatic rings. The second-order valence-corrected chi connectivity index (χ2v) is 3.96. The summed E-state index contributed by atoms with van der Waals surface area (Å²) in [5, 5.41) is 15.3. The van der Waals surface area contributed by atoms with Gasteiger partial charge in [0.1, 0.15) is 0 Å². The first-order chi connectivity index (χ1) is 7.90. The SMILES string of the molecule is Cc1ccc(NC(=O)N[C@@H](C)C(=O)[O-])c(C)c1. The Balaban J connectivity index is 2.65. The molecule has 0 heterocycles. The lowest BCUT2D eigenvalue weighted by molar-refractivity contribution is -0.307. The fourth-order valence-corrected chi connectivity index (χ4v) is 1.37. The number of carbonyl (C=O) groups excluding carboxylic acids is 2. The lowest BCUT2D eigenvalue weighted by Gasteiger charge is -2.16. The van der Waals surface area contributed by atoms with E-state index in [1.165, 1.54) is 6.92 Å². The van der Waals surface area contributed by atoms with Gasteiger partial charge in [-0.05, 0) is 32.4 Å². The first-order valence-corrected chi connectivity index (χ1v) is 5.26. The number of amides is 2. The molecule has 0 spiro atoms. The van der Waals surface area contributed by atoms with Gasteiger partial charge in [0.05, 0.1) is 12.0 Å². The molecule has 0 aliphatic heterocycles. The molecule has 0 unspecified atom stereocenters. The number of hydrogen-bond donors (Lipinski definition) is 2. The minimum atomic E-state index is -1.32. The molecular formula is C12H15N2O3-. The van der Waals surface area contributed by atoms with Crippen LogP contribution in [-0.2, 0) is 4.79 Å². The van der Waals surface area contributed by atoms with Crippen molar-refractivity contribution in [3.63, 3.8) is 0 Å².